The van der Waals surface area contributed by atoms with Crippen LogP contribution in [0.2, 0.25) is 0 Å². The molecular weight excluding hydrogens is 224 g/mol. The zero-order valence-corrected chi connectivity index (χ0v) is 9.43. The highest BCUT2D eigenvalue weighted by atomic mass is 16.5. The second kappa shape index (κ2) is 5.16. The molecule has 17 heavy (non-hydrogen) atoms. The SMILES string of the molecule is COC(=O)/C(C)=C/c1cc(O)c(C=O)cc1O. The highest BCUT2D eigenvalue weighted by molar-refractivity contribution is 5.93. The lowest BCUT2D eigenvalue weighted by Crippen LogP contribution is -2.01. The van der Waals surface area contributed by atoms with E-state index < -0.39 is 5.97 Å². The molecular formula is C12H12O5. The molecule has 0 heterocycles. The van der Waals surface area contributed by atoms with Crippen LogP contribution in [0, 0.1) is 0 Å². The molecule has 0 radical (unpaired) electrons. The van der Waals surface area contributed by atoms with Gasteiger partial charge in [-0.2, -0.15) is 0 Å². The Morgan fingerprint density at radius 3 is 2.29 bits per heavy atom. The summed E-state index contributed by atoms with van der Waals surface area (Å²) in [7, 11) is 1.24. The zero-order chi connectivity index (χ0) is 13.0. The maximum atomic E-state index is 11.1. The van der Waals surface area contributed by atoms with E-state index in [1.165, 1.54) is 26.2 Å². The summed E-state index contributed by atoms with van der Waals surface area (Å²) >= 11 is 0. The largest absolute Gasteiger partial charge is 0.507 e. The molecule has 0 spiro atoms. The number of phenols is 2. The second-order valence-electron chi connectivity index (χ2n) is 3.41. The molecule has 0 aromatic heterocycles. The third-order valence-electron chi connectivity index (χ3n) is 2.18. The van der Waals surface area contributed by atoms with Crippen molar-refractivity contribution in [3.05, 3.63) is 28.8 Å². The summed E-state index contributed by atoms with van der Waals surface area (Å²) in [6, 6.07) is 2.32. The summed E-state index contributed by atoms with van der Waals surface area (Å²) in [5.41, 5.74) is 0.479. The van der Waals surface area contributed by atoms with E-state index in [2.05, 4.69) is 4.74 Å². The normalized spacial score (nSPS) is 11.1. The van der Waals surface area contributed by atoms with Gasteiger partial charge >= 0.3 is 5.97 Å². The minimum atomic E-state index is -0.539. The summed E-state index contributed by atoms with van der Waals surface area (Å²) in [6.45, 7) is 1.51. The fourth-order valence-electron chi connectivity index (χ4n) is 1.27. The summed E-state index contributed by atoms with van der Waals surface area (Å²) in [5.74, 6) is -1.00. The second-order valence-corrected chi connectivity index (χ2v) is 3.41. The molecule has 1 aromatic rings. The van der Waals surface area contributed by atoms with Gasteiger partial charge < -0.3 is 14.9 Å². The monoisotopic (exact) mass is 236 g/mol. The van der Waals surface area contributed by atoms with E-state index in [1.807, 2.05) is 0 Å². The average Bonchev–Trinajstić information content (AvgIpc) is 2.32. The Labute approximate surface area is 98.0 Å². The molecule has 5 nitrogen and oxygen atoms in total. The molecule has 1 rings (SSSR count). The number of carbonyl (C=O) groups is 2. The van der Waals surface area contributed by atoms with Gasteiger partial charge in [0.2, 0.25) is 0 Å². The molecule has 0 aliphatic rings. The molecule has 0 aliphatic carbocycles. The van der Waals surface area contributed by atoms with Gasteiger partial charge in [0.05, 0.1) is 12.7 Å². The van der Waals surface area contributed by atoms with Gasteiger partial charge in [-0.25, -0.2) is 4.79 Å². The molecule has 2 N–H and O–H groups in total. The van der Waals surface area contributed by atoms with Gasteiger partial charge in [0.15, 0.2) is 6.29 Å². The highest BCUT2D eigenvalue weighted by Crippen LogP contribution is 2.27. The van der Waals surface area contributed by atoms with E-state index in [9.17, 15) is 19.8 Å². The Morgan fingerprint density at radius 1 is 1.24 bits per heavy atom. The molecule has 0 unspecified atom stereocenters. The van der Waals surface area contributed by atoms with E-state index in [-0.39, 0.29) is 28.2 Å². The van der Waals surface area contributed by atoms with Crippen LogP contribution in [0.25, 0.3) is 6.08 Å². The van der Waals surface area contributed by atoms with Crippen molar-refractivity contribution in [2.45, 2.75) is 6.92 Å². The van der Waals surface area contributed by atoms with E-state index in [4.69, 9.17) is 0 Å². The summed E-state index contributed by atoms with van der Waals surface area (Å²) in [4.78, 5) is 21.7. The van der Waals surface area contributed by atoms with Gasteiger partial charge in [0.1, 0.15) is 11.5 Å². The third kappa shape index (κ3) is 2.84. The minimum Gasteiger partial charge on any atom is -0.507 e. The Bertz CT molecular complexity index is 488. The van der Waals surface area contributed by atoms with Crippen molar-refractivity contribution in [1.29, 1.82) is 0 Å². The molecule has 0 fully saturated rings. The van der Waals surface area contributed by atoms with Crippen LogP contribution in [0.5, 0.6) is 11.5 Å². The number of hydrogen-bond acceptors (Lipinski definition) is 5. The molecule has 0 aliphatic heterocycles. The fourth-order valence-corrected chi connectivity index (χ4v) is 1.27. The number of hydrogen-bond donors (Lipinski definition) is 2. The zero-order valence-electron chi connectivity index (χ0n) is 9.43. The number of aromatic hydroxyl groups is 2. The highest BCUT2D eigenvalue weighted by Gasteiger charge is 2.09. The summed E-state index contributed by atoms with van der Waals surface area (Å²) < 4.78 is 4.49. The Hall–Kier alpha value is -2.30. The van der Waals surface area contributed by atoms with E-state index in [0.717, 1.165) is 6.07 Å². The quantitative estimate of drug-likeness (QED) is 0.359. The van der Waals surface area contributed by atoms with Crippen LogP contribution in [-0.2, 0) is 9.53 Å². The molecule has 0 atom stereocenters. The van der Waals surface area contributed by atoms with Gasteiger partial charge in [-0.1, -0.05) is 0 Å². The maximum Gasteiger partial charge on any atom is 0.333 e. The lowest BCUT2D eigenvalue weighted by Gasteiger charge is -2.04. The smallest absolute Gasteiger partial charge is 0.333 e. The van der Waals surface area contributed by atoms with Crippen molar-refractivity contribution in [3.63, 3.8) is 0 Å². The molecule has 0 amide bonds. The lowest BCUT2D eigenvalue weighted by atomic mass is 10.1. The van der Waals surface area contributed by atoms with Crippen LogP contribution in [0.1, 0.15) is 22.8 Å². The van der Waals surface area contributed by atoms with Crippen LogP contribution in [-0.4, -0.2) is 29.6 Å². The standard InChI is InChI=1S/C12H12O5/c1-7(12(16)17-2)3-8-4-11(15)9(6-13)5-10(8)14/h3-6,14-15H,1-2H3/b7-3+. The van der Waals surface area contributed by atoms with Gasteiger partial charge in [-0.05, 0) is 25.1 Å². The van der Waals surface area contributed by atoms with Crippen molar-refractivity contribution >= 4 is 18.3 Å². The van der Waals surface area contributed by atoms with Gasteiger partial charge in [-0.3, -0.25) is 4.79 Å². The first kappa shape index (κ1) is 12.8. The molecule has 5 heteroatoms. The van der Waals surface area contributed by atoms with Crippen LogP contribution >= 0.6 is 0 Å². The van der Waals surface area contributed by atoms with Crippen molar-refractivity contribution in [2.75, 3.05) is 7.11 Å². The Morgan fingerprint density at radius 2 is 1.76 bits per heavy atom. The molecule has 1 aromatic carbocycles. The number of phenolic OH excluding ortho intramolecular Hbond substituents is 2. The summed E-state index contributed by atoms with van der Waals surface area (Å²) in [5, 5.41) is 19.0. The van der Waals surface area contributed by atoms with Crippen LogP contribution < -0.4 is 0 Å². The molecule has 0 saturated heterocycles. The third-order valence-corrected chi connectivity index (χ3v) is 2.18. The Kier molecular flexibility index (Phi) is 3.87. The van der Waals surface area contributed by atoms with E-state index in [1.54, 1.807) is 0 Å². The van der Waals surface area contributed by atoms with E-state index in [0.29, 0.717) is 6.29 Å². The van der Waals surface area contributed by atoms with Crippen LogP contribution in [0.15, 0.2) is 17.7 Å². The van der Waals surface area contributed by atoms with Gasteiger partial charge in [0.25, 0.3) is 0 Å². The predicted octanol–water partition coefficient (Wildman–Crippen LogP) is 1.49. The predicted molar refractivity (Wildman–Crippen MR) is 60.8 cm³/mol. The Balaban J connectivity index is 3.20. The number of benzene rings is 1. The molecule has 0 bridgehead atoms. The van der Waals surface area contributed by atoms with Crippen LogP contribution in [0.4, 0.5) is 0 Å². The van der Waals surface area contributed by atoms with Gasteiger partial charge in [0, 0.05) is 11.1 Å². The average molecular weight is 236 g/mol. The fraction of sp³-hybridized carbons (Fsp3) is 0.167. The first-order valence-electron chi connectivity index (χ1n) is 4.77. The van der Waals surface area contributed by atoms with Crippen molar-refractivity contribution < 1.29 is 24.5 Å². The van der Waals surface area contributed by atoms with Crippen LogP contribution in [0.3, 0.4) is 0 Å². The number of esters is 1. The van der Waals surface area contributed by atoms with Gasteiger partial charge in [-0.15, -0.1) is 0 Å². The number of rotatable bonds is 3. The number of carbonyl (C=O) groups excluding carboxylic acids is 2. The number of aldehydes is 1. The van der Waals surface area contributed by atoms with Crippen molar-refractivity contribution in [3.8, 4) is 11.5 Å². The maximum absolute atomic E-state index is 11.1. The molecule has 0 saturated carbocycles. The summed E-state index contributed by atoms with van der Waals surface area (Å²) in [6.07, 6.45) is 1.78. The van der Waals surface area contributed by atoms with E-state index >= 15 is 0 Å². The lowest BCUT2D eigenvalue weighted by molar-refractivity contribution is -0.135. The first-order valence-corrected chi connectivity index (χ1v) is 4.77. The first-order chi connectivity index (χ1) is 7.99. The topological polar surface area (TPSA) is 83.8 Å². The molecule has 90 valence electrons. The number of ether oxygens (including phenoxy) is 1. The number of methoxy groups -OCH3 is 1. The van der Waals surface area contributed by atoms with Crippen molar-refractivity contribution in [1.82, 2.24) is 0 Å². The van der Waals surface area contributed by atoms with Crippen molar-refractivity contribution in [2.24, 2.45) is 0 Å². The minimum absolute atomic E-state index is 0.0182.